The minimum atomic E-state index is -0.552. The maximum atomic E-state index is 12.9. The zero-order valence-corrected chi connectivity index (χ0v) is 46.5. The van der Waals surface area contributed by atoms with Crippen molar-refractivity contribution in [3.63, 3.8) is 0 Å². The van der Waals surface area contributed by atoms with Gasteiger partial charge in [-0.3, -0.25) is 9.59 Å². The largest absolute Gasteiger partial charge is 0.462 e. The molecule has 0 saturated heterocycles. The van der Waals surface area contributed by atoms with Crippen LogP contribution in [0, 0.1) is 0 Å². The Labute approximate surface area is 435 Å². The van der Waals surface area contributed by atoms with E-state index < -0.39 is 6.10 Å². The van der Waals surface area contributed by atoms with Crippen LogP contribution >= 0.6 is 0 Å². The molecule has 0 aliphatic rings. The fourth-order valence-electron chi connectivity index (χ4n) is 8.41. The van der Waals surface area contributed by atoms with Gasteiger partial charge in [-0.25, -0.2) is 0 Å². The molecule has 0 aromatic carbocycles. The number of carbonyl (C=O) groups is 2. The summed E-state index contributed by atoms with van der Waals surface area (Å²) in [4.78, 5) is 25.6. The second-order valence-electron chi connectivity index (χ2n) is 19.9. The lowest BCUT2D eigenvalue weighted by Gasteiger charge is -2.18. The summed E-state index contributed by atoms with van der Waals surface area (Å²) in [5.74, 6) is -0.414. The Morgan fingerprint density at radius 3 is 1.07 bits per heavy atom. The van der Waals surface area contributed by atoms with E-state index in [2.05, 4.69) is 106 Å². The van der Waals surface area contributed by atoms with Crippen molar-refractivity contribution in [1.29, 1.82) is 0 Å². The average molecular weight is 976 g/mol. The summed E-state index contributed by atoms with van der Waals surface area (Å²) in [7, 11) is 0. The topological polar surface area (TPSA) is 61.8 Å². The standard InChI is InChI=1S/C65H114O5/c1-4-7-10-13-16-19-22-25-28-31-33-35-37-40-43-46-49-52-55-58-64(66)69-62-63(61-68-60-57-54-51-48-45-42-39-36-32-29-26-23-20-17-14-11-8-5-2)70-65(67)59-56-53-50-47-44-41-38-34-30-27-24-21-18-15-12-9-6-3/h7,10,16-17,19-20,25-30,33,35,63H,4-6,8-9,11-15,18,21-24,31-32,34,36-62H2,1-3H3/b10-7-,19-16-,20-17-,28-25-,29-26-,30-27-,35-33-. The van der Waals surface area contributed by atoms with Gasteiger partial charge in [0.25, 0.3) is 0 Å². The second-order valence-corrected chi connectivity index (χ2v) is 19.9. The van der Waals surface area contributed by atoms with Crippen LogP contribution < -0.4 is 0 Å². The van der Waals surface area contributed by atoms with E-state index in [1.54, 1.807) is 0 Å². The molecule has 0 heterocycles. The molecule has 0 bridgehead atoms. The van der Waals surface area contributed by atoms with Gasteiger partial charge in [-0.05, 0) is 116 Å². The highest BCUT2D eigenvalue weighted by molar-refractivity contribution is 5.70. The van der Waals surface area contributed by atoms with Gasteiger partial charge in [0.2, 0.25) is 0 Å². The minimum Gasteiger partial charge on any atom is -0.462 e. The van der Waals surface area contributed by atoms with Crippen LogP contribution in [0.2, 0.25) is 0 Å². The number of allylic oxidation sites excluding steroid dienone is 14. The summed E-state index contributed by atoms with van der Waals surface area (Å²) in [6.07, 6.45) is 80.3. The highest BCUT2D eigenvalue weighted by atomic mass is 16.6. The molecule has 5 heteroatoms. The lowest BCUT2D eigenvalue weighted by molar-refractivity contribution is -0.163. The second kappa shape index (κ2) is 60.4. The molecule has 0 aromatic rings. The van der Waals surface area contributed by atoms with Crippen LogP contribution in [0.5, 0.6) is 0 Å². The third-order valence-electron chi connectivity index (χ3n) is 12.9. The first-order chi connectivity index (χ1) is 34.6. The normalized spacial score (nSPS) is 12.8. The number of esters is 2. The Morgan fingerprint density at radius 1 is 0.329 bits per heavy atom. The van der Waals surface area contributed by atoms with Crippen LogP contribution in [0.4, 0.5) is 0 Å². The highest BCUT2D eigenvalue weighted by Crippen LogP contribution is 2.15. The maximum absolute atomic E-state index is 12.9. The van der Waals surface area contributed by atoms with Crippen molar-refractivity contribution in [1.82, 2.24) is 0 Å². The molecule has 0 N–H and O–H groups in total. The summed E-state index contributed by atoms with van der Waals surface area (Å²) in [5.41, 5.74) is 0. The molecule has 0 aliphatic carbocycles. The van der Waals surface area contributed by atoms with Crippen molar-refractivity contribution >= 4 is 11.9 Å². The molecule has 5 nitrogen and oxygen atoms in total. The van der Waals surface area contributed by atoms with Gasteiger partial charge in [0.15, 0.2) is 6.10 Å². The van der Waals surface area contributed by atoms with Gasteiger partial charge in [0, 0.05) is 19.4 Å². The summed E-state index contributed by atoms with van der Waals surface area (Å²) in [6.45, 7) is 7.68. The monoisotopic (exact) mass is 975 g/mol. The highest BCUT2D eigenvalue weighted by Gasteiger charge is 2.17. The van der Waals surface area contributed by atoms with Crippen LogP contribution in [0.25, 0.3) is 0 Å². The molecule has 0 fully saturated rings. The van der Waals surface area contributed by atoms with E-state index in [1.165, 1.54) is 167 Å². The van der Waals surface area contributed by atoms with Gasteiger partial charge >= 0.3 is 11.9 Å². The van der Waals surface area contributed by atoms with Crippen molar-refractivity contribution in [3.05, 3.63) is 85.1 Å². The summed E-state index contributed by atoms with van der Waals surface area (Å²) in [5, 5.41) is 0. The van der Waals surface area contributed by atoms with Crippen LogP contribution in [-0.4, -0.2) is 37.9 Å². The molecule has 70 heavy (non-hydrogen) atoms. The van der Waals surface area contributed by atoms with E-state index in [9.17, 15) is 9.59 Å². The van der Waals surface area contributed by atoms with Crippen LogP contribution in [0.3, 0.4) is 0 Å². The first-order valence-corrected chi connectivity index (χ1v) is 30.1. The number of hydrogen-bond acceptors (Lipinski definition) is 5. The molecular weight excluding hydrogens is 861 g/mol. The van der Waals surface area contributed by atoms with Gasteiger partial charge < -0.3 is 14.2 Å². The molecule has 404 valence electrons. The Bertz CT molecular complexity index is 1290. The number of carbonyl (C=O) groups excluding carboxylic acids is 2. The van der Waals surface area contributed by atoms with E-state index in [0.717, 1.165) is 89.9 Å². The average Bonchev–Trinajstić information content (AvgIpc) is 3.36. The first-order valence-electron chi connectivity index (χ1n) is 30.1. The van der Waals surface area contributed by atoms with Crippen LogP contribution in [0.1, 0.15) is 290 Å². The molecule has 0 aromatic heterocycles. The third kappa shape index (κ3) is 57.7. The Kier molecular flexibility index (Phi) is 57.9. The predicted octanol–water partition coefficient (Wildman–Crippen LogP) is 20.8. The zero-order valence-electron chi connectivity index (χ0n) is 46.5. The molecule has 0 saturated carbocycles. The van der Waals surface area contributed by atoms with Crippen molar-refractivity contribution in [2.45, 2.75) is 297 Å². The molecule has 0 rings (SSSR count). The quantitative estimate of drug-likeness (QED) is 0.0345. The van der Waals surface area contributed by atoms with E-state index in [1.807, 2.05) is 0 Å². The van der Waals surface area contributed by atoms with Crippen molar-refractivity contribution in [2.75, 3.05) is 19.8 Å². The van der Waals surface area contributed by atoms with Crippen molar-refractivity contribution in [2.24, 2.45) is 0 Å². The molecule has 0 spiro atoms. The number of unbranched alkanes of at least 4 members (excludes halogenated alkanes) is 30. The number of rotatable bonds is 55. The van der Waals surface area contributed by atoms with Gasteiger partial charge in [-0.1, -0.05) is 247 Å². The fraction of sp³-hybridized carbons (Fsp3) is 0.754. The third-order valence-corrected chi connectivity index (χ3v) is 12.9. The summed E-state index contributed by atoms with van der Waals surface area (Å²) < 4.78 is 17.5. The van der Waals surface area contributed by atoms with Crippen LogP contribution in [0.15, 0.2) is 85.1 Å². The maximum Gasteiger partial charge on any atom is 0.306 e. The molecule has 1 atom stereocenters. The van der Waals surface area contributed by atoms with E-state index in [4.69, 9.17) is 14.2 Å². The molecular formula is C65H114O5. The van der Waals surface area contributed by atoms with Crippen molar-refractivity contribution < 1.29 is 23.8 Å². The molecule has 1 unspecified atom stereocenters. The summed E-state index contributed by atoms with van der Waals surface area (Å²) >= 11 is 0. The lowest BCUT2D eigenvalue weighted by Crippen LogP contribution is -2.30. The predicted molar refractivity (Wildman–Crippen MR) is 307 cm³/mol. The number of hydrogen-bond donors (Lipinski definition) is 0. The van der Waals surface area contributed by atoms with Gasteiger partial charge in [-0.15, -0.1) is 0 Å². The van der Waals surface area contributed by atoms with Gasteiger partial charge in [0.1, 0.15) is 6.61 Å². The molecule has 0 aliphatic heterocycles. The SMILES string of the molecule is CC/C=C\C/C=C\C/C=C\C/C=C\CCCCCCCCC(=O)OCC(COCCCCCCCCCC/C=C\C/C=C\CCCCC)OC(=O)CCCCCCCCC/C=C\CCCCCCCC. The van der Waals surface area contributed by atoms with Crippen LogP contribution in [-0.2, 0) is 23.8 Å². The van der Waals surface area contributed by atoms with Gasteiger partial charge in [0.05, 0.1) is 6.61 Å². The first kappa shape index (κ1) is 67.1. The van der Waals surface area contributed by atoms with E-state index in [0.29, 0.717) is 19.4 Å². The Balaban J connectivity index is 4.32. The lowest BCUT2D eigenvalue weighted by atomic mass is 10.1. The van der Waals surface area contributed by atoms with E-state index >= 15 is 0 Å². The molecule has 0 radical (unpaired) electrons. The Hall–Kier alpha value is -2.92. The smallest absolute Gasteiger partial charge is 0.306 e. The summed E-state index contributed by atoms with van der Waals surface area (Å²) in [6, 6.07) is 0. The number of ether oxygens (including phenoxy) is 3. The molecule has 0 amide bonds. The minimum absolute atomic E-state index is 0.0715. The van der Waals surface area contributed by atoms with E-state index in [-0.39, 0.29) is 25.2 Å². The zero-order chi connectivity index (χ0) is 50.6. The Morgan fingerprint density at radius 2 is 0.643 bits per heavy atom. The van der Waals surface area contributed by atoms with Crippen molar-refractivity contribution in [3.8, 4) is 0 Å². The fourth-order valence-corrected chi connectivity index (χ4v) is 8.41. The van der Waals surface area contributed by atoms with Gasteiger partial charge in [-0.2, -0.15) is 0 Å².